The number of hydrogen-bond acceptors (Lipinski definition) is 4. The molecule has 0 saturated carbocycles. The molecule has 0 bridgehead atoms. The van der Waals surface area contributed by atoms with Gasteiger partial charge in [0.05, 0.1) is 0 Å². The molecule has 0 aliphatic carbocycles. The van der Waals surface area contributed by atoms with Gasteiger partial charge in [-0.25, -0.2) is 0 Å². The molecule has 1 aromatic heterocycles. The highest BCUT2D eigenvalue weighted by atomic mass is 16.5. The van der Waals surface area contributed by atoms with Crippen molar-refractivity contribution in [2.75, 3.05) is 13.2 Å². The maximum Gasteiger partial charge on any atom is 0.0488 e. The molecule has 0 amide bonds. The fraction of sp³-hybridized carbons (Fsp3) is 0.357. The molecular weight excluding hydrogens is 226 g/mol. The summed E-state index contributed by atoms with van der Waals surface area (Å²) >= 11 is 0. The van der Waals surface area contributed by atoms with E-state index in [9.17, 15) is 0 Å². The lowest BCUT2D eigenvalue weighted by Gasteiger charge is -2.18. The molecule has 4 nitrogen and oxygen atoms in total. The second-order valence-electron chi connectivity index (χ2n) is 4.15. The molecule has 1 heterocycles. The highest BCUT2D eigenvalue weighted by Gasteiger charge is 2.12. The van der Waals surface area contributed by atoms with Crippen molar-refractivity contribution in [1.29, 1.82) is 0 Å². The van der Waals surface area contributed by atoms with Gasteiger partial charge >= 0.3 is 0 Å². The number of hydrogen-bond donors (Lipinski definition) is 2. The number of hydrazine groups is 1. The molecule has 0 radical (unpaired) electrons. The average Bonchev–Trinajstić information content (AvgIpc) is 2.43. The Morgan fingerprint density at radius 2 is 2.28 bits per heavy atom. The van der Waals surface area contributed by atoms with Crippen molar-refractivity contribution in [2.24, 2.45) is 5.84 Å². The van der Waals surface area contributed by atoms with E-state index in [1.165, 1.54) is 10.9 Å². The molecule has 2 aromatic rings. The third-order valence-corrected chi connectivity index (χ3v) is 3.05. The standard InChI is InChI=1S/C14H19N3O/c1-2-18-9-7-14(17-15)13-5-3-4-11-10-16-8-6-12(11)13/h3-6,8,10,14,17H,2,7,9,15H2,1H3. The predicted octanol–water partition coefficient (Wildman–Crippen LogP) is 2.17. The Bertz CT molecular complexity index is 496. The normalized spacial score (nSPS) is 12.8. The van der Waals surface area contributed by atoms with Crippen LogP contribution in [-0.2, 0) is 4.74 Å². The second-order valence-corrected chi connectivity index (χ2v) is 4.15. The molecule has 0 fully saturated rings. The summed E-state index contributed by atoms with van der Waals surface area (Å²) in [5.74, 6) is 5.66. The number of benzene rings is 1. The molecule has 1 aromatic carbocycles. The first-order chi connectivity index (χ1) is 8.86. The van der Waals surface area contributed by atoms with Crippen molar-refractivity contribution in [3.8, 4) is 0 Å². The molecule has 0 aliphatic rings. The first-order valence-corrected chi connectivity index (χ1v) is 6.23. The Balaban J connectivity index is 2.27. The van der Waals surface area contributed by atoms with Crippen LogP contribution in [0.15, 0.2) is 36.7 Å². The van der Waals surface area contributed by atoms with Gasteiger partial charge in [0.15, 0.2) is 0 Å². The molecule has 1 unspecified atom stereocenters. The lowest BCUT2D eigenvalue weighted by Crippen LogP contribution is -2.29. The average molecular weight is 245 g/mol. The smallest absolute Gasteiger partial charge is 0.0488 e. The number of nitrogens with zero attached hydrogens (tertiary/aromatic N) is 1. The summed E-state index contributed by atoms with van der Waals surface area (Å²) < 4.78 is 5.39. The SMILES string of the molecule is CCOCCC(NN)c1cccc2cnccc12. The largest absolute Gasteiger partial charge is 0.382 e. The van der Waals surface area contributed by atoms with Crippen molar-refractivity contribution < 1.29 is 4.74 Å². The minimum atomic E-state index is 0.0997. The summed E-state index contributed by atoms with van der Waals surface area (Å²) in [5.41, 5.74) is 4.06. The fourth-order valence-corrected chi connectivity index (χ4v) is 2.13. The van der Waals surface area contributed by atoms with Gasteiger partial charge in [-0.15, -0.1) is 0 Å². The van der Waals surface area contributed by atoms with Crippen molar-refractivity contribution in [1.82, 2.24) is 10.4 Å². The topological polar surface area (TPSA) is 60.2 Å². The molecule has 1 atom stereocenters. The van der Waals surface area contributed by atoms with Crippen molar-refractivity contribution in [3.63, 3.8) is 0 Å². The lowest BCUT2D eigenvalue weighted by atomic mass is 9.98. The molecular formula is C14H19N3O. The van der Waals surface area contributed by atoms with Crippen LogP contribution in [0.1, 0.15) is 24.9 Å². The van der Waals surface area contributed by atoms with E-state index in [1.807, 2.05) is 31.5 Å². The number of ether oxygens (including phenoxy) is 1. The van der Waals surface area contributed by atoms with Crippen LogP contribution in [-0.4, -0.2) is 18.2 Å². The van der Waals surface area contributed by atoms with Crippen molar-refractivity contribution in [2.45, 2.75) is 19.4 Å². The molecule has 0 saturated heterocycles. The molecule has 2 rings (SSSR count). The Labute approximate surface area is 107 Å². The van der Waals surface area contributed by atoms with Crippen molar-refractivity contribution in [3.05, 3.63) is 42.2 Å². The van der Waals surface area contributed by atoms with Gasteiger partial charge in [0.1, 0.15) is 0 Å². The Morgan fingerprint density at radius 3 is 3.06 bits per heavy atom. The zero-order chi connectivity index (χ0) is 12.8. The molecule has 0 spiro atoms. The van der Waals surface area contributed by atoms with Crippen LogP contribution >= 0.6 is 0 Å². The molecule has 0 aliphatic heterocycles. The van der Waals surface area contributed by atoms with E-state index < -0.39 is 0 Å². The number of nitrogens with one attached hydrogen (secondary N) is 1. The summed E-state index contributed by atoms with van der Waals surface area (Å²) in [6, 6.07) is 8.31. The van der Waals surface area contributed by atoms with Gasteiger partial charge in [-0.1, -0.05) is 18.2 Å². The molecule has 3 N–H and O–H groups in total. The number of fused-ring (bicyclic) bond motifs is 1. The number of nitrogens with two attached hydrogens (primary N) is 1. The van der Waals surface area contributed by atoms with Gasteiger partial charge in [0, 0.05) is 37.0 Å². The maximum atomic E-state index is 5.66. The summed E-state index contributed by atoms with van der Waals surface area (Å²) in [7, 11) is 0. The van der Waals surface area contributed by atoms with Gasteiger partial charge in [0.2, 0.25) is 0 Å². The van der Waals surface area contributed by atoms with Crippen LogP contribution in [0.4, 0.5) is 0 Å². The van der Waals surface area contributed by atoms with Crippen LogP contribution in [0.3, 0.4) is 0 Å². The first-order valence-electron chi connectivity index (χ1n) is 6.23. The first kappa shape index (κ1) is 13.0. The third kappa shape index (κ3) is 2.85. The number of aromatic nitrogens is 1. The van der Waals surface area contributed by atoms with Crippen LogP contribution < -0.4 is 11.3 Å². The van der Waals surface area contributed by atoms with Gasteiger partial charge in [0.25, 0.3) is 0 Å². The van der Waals surface area contributed by atoms with E-state index >= 15 is 0 Å². The Hall–Kier alpha value is -1.49. The minimum absolute atomic E-state index is 0.0997. The summed E-state index contributed by atoms with van der Waals surface area (Å²) in [4.78, 5) is 4.14. The van der Waals surface area contributed by atoms with Crippen molar-refractivity contribution >= 4 is 10.8 Å². The predicted molar refractivity (Wildman–Crippen MR) is 72.9 cm³/mol. The van der Waals surface area contributed by atoms with Gasteiger partial charge in [-0.05, 0) is 30.4 Å². The van der Waals surface area contributed by atoms with Gasteiger partial charge in [-0.2, -0.15) is 0 Å². The summed E-state index contributed by atoms with van der Waals surface area (Å²) in [6.45, 7) is 3.43. The van der Waals surface area contributed by atoms with Gasteiger partial charge < -0.3 is 4.74 Å². The quantitative estimate of drug-likeness (QED) is 0.465. The van der Waals surface area contributed by atoms with E-state index in [0.29, 0.717) is 6.61 Å². The monoisotopic (exact) mass is 245 g/mol. The Kier molecular flexibility index (Phi) is 4.64. The van der Waals surface area contributed by atoms with Crippen LogP contribution in [0.5, 0.6) is 0 Å². The number of pyridine rings is 1. The number of rotatable bonds is 6. The summed E-state index contributed by atoms with van der Waals surface area (Å²) in [5, 5.41) is 2.32. The van der Waals surface area contributed by atoms with Crippen LogP contribution in [0.2, 0.25) is 0 Å². The molecule has 18 heavy (non-hydrogen) atoms. The highest BCUT2D eigenvalue weighted by Crippen LogP contribution is 2.25. The van der Waals surface area contributed by atoms with E-state index in [1.54, 1.807) is 0 Å². The molecule has 4 heteroatoms. The van der Waals surface area contributed by atoms with E-state index in [-0.39, 0.29) is 6.04 Å². The van der Waals surface area contributed by atoms with Crippen LogP contribution in [0, 0.1) is 0 Å². The zero-order valence-corrected chi connectivity index (χ0v) is 10.6. The summed E-state index contributed by atoms with van der Waals surface area (Å²) in [6.07, 6.45) is 4.53. The van der Waals surface area contributed by atoms with E-state index in [0.717, 1.165) is 18.4 Å². The van der Waals surface area contributed by atoms with Gasteiger partial charge in [-0.3, -0.25) is 16.3 Å². The minimum Gasteiger partial charge on any atom is -0.382 e. The zero-order valence-electron chi connectivity index (χ0n) is 10.6. The van der Waals surface area contributed by atoms with Crippen LogP contribution in [0.25, 0.3) is 10.8 Å². The highest BCUT2D eigenvalue weighted by molar-refractivity contribution is 5.85. The van der Waals surface area contributed by atoms with E-state index in [4.69, 9.17) is 10.6 Å². The fourth-order valence-electron chi connectivity index (χ4n) is 2.13. The van der Waals surface area contributed by atoms with E-state index in [2.05, 4.69) is 22.5 Å². The molecule has 96 valence electrons. The third-order valence-electron chi connectivity index (χ3n) is 3.05. The Morgan fingerprint density at radius 1 is 1.39 bits per heavy atom. The second kappa shape index (κ2) is 6.44. The maximum absolute atomic E-state index is 5.66. The lowest BCUT2D eigenvalue weighted by molar-refractivity contribution is 0.136.